The maximum Gasteiger partial charge on any atom is 0.306 e. The predicted molar refractivity (Wildman–Crippen MR) is 65.0 cm³/mol. The molecular formula is C13H25NO2. The van der Waals surface area contributed by atoms with Crippen molar-refractivity contribution in [3.8, 4) is 0 Å². The van der Waals surface area contributed by atoms with Gasteiger partial charge in [0.2, 0.25) is 0 Å². The largest absolute Gasteiger partial charge is 0.469 e. The molecule has 0 heterocycles. The van der Waals surface area contributed by atoms with Crippen molar-refractivity contribution in [2.75, 3.05) is 7.11 Å². The first kappa shape index (κ1) is 13.5. The standard InChI is InChI=1S/C13H25NO2/c1-10(14)13(9-11(15)16-4)8-6-5-7-12(13,2)3/h10H,5-9,14H2,1-4H3. The Hall–Kier alpha value is -0.570. The average molecular weight is 227 g/mol. The van der Waals surface area contributed by atoms with Gasteiger partial charge >= 0.3 is 5.97 Å². The smallest absolute Gasteiger partial charge is 0.306 e. The number of nitrogens with two attached hydrogens (primary N) is 1. The number of methoxy groups -OCH3 is 1. The Bertz CT molecular complexity index is 261. The van der Waals surface area contributed by atoms with E-state index in [4.69, 9.17) is 10.5 Å². The van der Waals surface area contributed by atoms with Gasteiger partial charge in [0.15, 0.2) is 0 Å². The first-order chi connectivity index (χ1) is 7.35. The van der Waals surface area contributed by atoms with Gasteiger partial charge in [0, 0.05) is 11.5 Å². The summed E-state index contributed by atoms with van der Waals surface area (Å²) in [6.07, 6.45) is 5.04. The van der Waals surface area contributed by atoms with Crippen LogP contribution >= 0.6 is 0 Å². The normalized spacial score (nSPS) is 30.8. The number of hydrogen-bond donors (Lipinski definition) is 1. The van der Waals surface area contributed by atoms with Crippen molar-refractivity contribution in [2.24, 2.45) is 16.6 Å². The van der Waals surface area contributed by atoms with Crippen LogP contribution in [0.4, 0.5) is 0 Å². The third-order valence-electron chi connectivity index (χ3n) is 4.58. The zero-order valence-electron chi connectivity index (χ0n) is 11.0. The molecule has 2 N–H and O–H groups in total. The number of ether oxygens (including phenoxy) is 1. The van der Waals surface area contributed by atoms with Crippen LogP contribution in [0.3, 0.4) is 0 Å². The molecule has 0 radical (unpaired) electrons. The van der Waals surface area contributed by atoms with Gasteiger partial charge in [0.05, 0.1) is 13.5 Å². The summed E-state index contributed by atoms with van der Waals surface area (Å²) in [7, 11) is 1.45. The molecule has 0 saturated heterocycles. The number of hydrogen-bond acceptors (Lipinski definition) is 3. The lowest BCUT2D eigenvalue weighted by Gasteiger charge is -2.52. The third-order valence-corrected chi connectivity index (χ3v) is 4.58. The van der Waals surface area contributed by atoms with Crippen LogP contribution in [0, 0.1) is 10.8 Å². The van der Waals surface area contributed by atoms with Crippen LogP contribution in [0.5, 0.6) is 0 Å². The van der Waals surface area contributed by atoms with E-state index in [2.05, 4.69) is 13.8 Å². The van der Waals surface area contributed by atoms with Crippen LogP contribution in [0.15, 0.2) is 0 Å². The Morgan fingerprint density at radius 3 is 2.38 bits per heavy atom. The Kier molecular flexibility index (Phi) is 4.00. The van der Waals surface area contributed by atoms with Gasteiger partial charge in [0.1, 0.15) is 0 Å². The minimum absolute atomic E-state index is 0.0295. The highest BCUT2D eigenvalue weighted by molar-refractivity contribution is 5.70. The van der Waals surface area contributed by atoms with E-state index in [0.29, 0.717) is 6.42 Å². The van der Waals surface area contributed by atoms with Gasteiger partial charge in [-0.3, -0.25) is 4.79 Å². The molecule has 2 atom stereocenters. The minimum atomic E-state index is -0.132. The monoisotopic (exact) mass is 227 g/mol. The Balaban J connectivity index is 2.98. The molecule has 0 amide bonds. The molecule has 94 valence electrons. The summed E-state index contributed by atoms with van der Waals surface area (Å²) in [5.41, 5.74) is 6.19. The Morgan fingerprint density at radius 2 is 1.94 bits per heavy atom. The van der Waals surface area contributed by atoms with Crippen molar-refractivity contribution in [1.29, 1.82) is 0 Å². The van der Waals surface area contributed by atoms with Crippen LogP contribution in [0.25, 0.3) is 0 Å². The van der Waals surface area contributed by atoms with Crippen molar-refractivity contribution in [3.05, 3.63) is 0 Å². The maximum atomic E-state index is 11.6. The zero-order chi connectivity index (χ0) is 12.4. The zero-order valence-corrected chi connectivity index (χ0v) is 11.0. The number of carbonyl (C=O) groups excluding carboxylic acids is 1. The summed E-state index contributed by atoms with van der Waals surface area (Å²) in [5.74, 6) is -0.132. The van der Waals surface area contributed by atoms with Gasteiger partial charge < -0.3 is 10.5 Å². The van der Waals surface area contributed by atoms with Gasteiger partial charge in [-0.25, -0.2) is 0 Å². The van der Waals surface area contributed by atoms with Crippen LogP contribution in [0.1, 0.15) is 52.9 Å². The predicted octanol–water partition coefficient (Wildman–Crippen LogP) is 2.48. The fraction of sp³-hybridized carbons (Fsp3) is 0.923. The molecule has 0 aromatic carbocycles. The maximum absolute atomic E-state index is 11.6. The second kappa shape index (κ2) is 4.74. The van der Waals surface area contributed by atoms with Gasteiger partial charge in [0.25, 0.3) is 0 Å². The highest BCUT2D eigenvalue weighted by atomic mass is 16.5. The van der Waals surface area contributed by atoms with E-state index < -0.39 is 0 Å². The van der Waals surface area contributed by atoms with Crippen LogP contribution in [-0.4, -0.2) is 19.1 Å². The molecule has 1 rings (SSSR count). The van der Waals surface area contributed by atoms with Crippen LogP contribution in [0.2, 0.25) is 0 Å². The summed E-state index contributed by atoms with van der Waals surface area (Å²) in [4.78, 5) is 11.6. The van der Waals surface area contributed by atoms with Gasteiger partial charge in [-0.05, 0) is 25.2 Å². The molecule has 16 heavy (non-hydrogen) atoms. The fourth-order valence-electron chi connectivity index (χ4n) is 3.26. The average Bonchev–Trinajstić information content (AvgIpc) is 2.20. The lowest BCUT2D eigenvalue weighted by Crippen LogP contribution is -2.53. The second-order valence-corrected chi connectivity index (χ2v) is 5.79. The molecule has 1 aliphatic rings. The number of rotatable bonds is 3. The Labute approximate surface area is 98.7 Å². The van der Waals surface area contributed by atoms with Gasteiger partial charge in [-0.15, -0.1) is 0 Å². The molecular weight excluding hydrogens is 202 g/mol. The van der Waals surface area contributed by atoms with Crippen molar-refractivity contribution < 1.29 is 9.53 Å². The molecule has 0 aromatic rings. The summed E-state index contributed by atoms with van der Waals surface area (Å²) in [6, 6.07) is 0.0295. The topological polar surface area (TPSA) is 52.3 Å². The van der Waals surface area contributed by atoms with E-state index in [-0.39, 0.29) is 22.8 Å². The lowest BCUT2D eigenvalue weighted by molar-refractivity contribution is -0.148. The first-order valence-electron chi connectivity index (χ1n) is 6.18. The molecule has 0 bridgehead atoms. The summed E-state index contributed by atoms with van der Waals surface area (Å²) in [6.45, 7) is 6.49. The quantitative estimate of drug-likeness (QED) is 0.754. The van der Waals surface area contributed by atoms with E-state index in [1.54, 1.807) is 0 Å². The SMILES string of the molecule is COC(=O)CC1(C(C)N)CCCCC1(C)C. The third kappa shape index (κ3) is 2.24. The minimum Gasteiger partial charge on any atom is -0.469 e. The summed E-state index contributed by atoms with van der Waals surface area (Å²) < 4.78 is 4.83. The highest BCUT2D eigenvalue weighted by Crippen LogP contribution is 2.54. The molecule has 0 aliphatic heterocycles. The lowest BCUT2D eigenvalue weighted by atomic mass is 9.53. The molecule has 0 aromatic heterocycles. The number of carbonyl (C=O) groups is 1. The van der Waals surface area contributed by atoms with Crippen molar-refractivity contribution in [2.45, 2.75) is 58.9 Å². The Morgan fingerprint density at radius 1 is 1.38 bits per heavy atom. The van der Waals surface area contributed by atoms with Crippen LogP contribution in [-0.2, 0) is 9.53 Å². The van der Waals surface area contributed by atoms with Crippen molar-refractivity contribution in [1.82, 2.24) is 0 Å². The first-order valence-corrected chi connectivity index (χ1v) is 6.18. The molecule has 0 spiro atoms. The molecule has 1 fully saturated rings. The van der Waals surface area contributed by atoms with Crippen molar-refractivity contribution in [3.63, 3.8) is 0 Å². The van der Waals surface area contributed by atoms with Gasteiger partial charge in [-0.2, -0.15) is 0 Å². The van der Waals surface area contributed by atoms with E-state index >= 15 is 0 Å². The number of esters is 1. The molecule has 3 heteroatoms. The fourth-order valence-corrected chi connectivity index (χ4v) is 3.26. The van der Waals surface area contributed by atoms with Crippen LogP contribution < -0.4 is 5.73 Å². The molecule has 1 saturated carbocycles. The molecule has 2 unspecified atom stereocenters. The summed E-state index contributed by atoms with van der Waals surface area (Å²) >= 11 is 0. The van der Waals surface area contributed by atoms with E-state index in [1.807, 2.05) is 6.92 Å². The van der Waals surface area contributed by atoms with E-state index in [9.17, 15) is 4.79 Å². The second-order valence-electron chi connectivity index (χ2n) is 5.79. The molecule has 3 nitrogen and oxygen atoms in total. The van der Waals surface area contributed by atoms with E-state index in [1.165, 1.54) is 20.0 Å². The molecule has 1 aliphatic carbocycles. The highest BCUT2D eigenvalue weighted by Gasteiger charge is 2.50. The summed E-state index contributed by atoms with van der Waals surface area (Å²) in [5, 5.41) is 0. The van der Waals surface area contributed by atoms with E-state index in [0.717, 1.165) is 12.8 Å². The van der Waals surface area contributed by atoms with Gasteiger partial charge in [-0.1, -0.05) is 26.7 Å². The van der Waals surface area contributed by atoms with Crippen molar-refractivity contribution >= 4 is 5.97 Å².